The monoisotopic (exact) mass is 477 g/mol. The minimum Gasteiger partial charge on any atom is -0.770 e. The molecule has 0 saturated heterocycles. The minimum atomic E-state index is -2.33. The Balaban J connectivity index is 0.000000739. The summed E-state index contributed by atoms with van der Waals surface area (Å²) in [6, 6.07) is 8.62. The quantitative estimate of drug-likeness (QED) is 0.103. The number of hydrogen-bond donors (Lipinski definition) is 2. The third-order valence-electron chi connectivity index (χ3n) is 4.12. The largest absolute Gasteiger partial charge is 0.770 e. The van der Waals surface area contributed by atoms with Crippen LogP contribution in [0.3, 0.4) is 0 Å². The lowest BCUT2D eigenvalue weighted by Crippen LogP contribution is -2.32. The number of para-hydroxylation sites is 1. The second-order valence-corrected chi connectivity index (χ2v) is 9.71. The lowest BCUT2D eigenvalue weighted by Gasteiger charge is -2.23. The van der Waals surface area contributed by atoms with E-state index in [9.17, 15) is 13.6 Å². The van der Waals surface area contributed by atoms with Gasteiger partial charge in [0.25, 0.3) is 0 Å². The fraction of sp³-hybridized carbons (Fsp3) is 0.682. The molecule has 0 aliphatic carbocycles. The Morgan fingerprint density at radius 3 is 2.22 bits per heavy atom. The van der Waals surface area contributed by atoms with E-state index in [0.717, 1.165) is 25.7 Å². The Kier molecular flexibility index (Phi) is 16.2. The summed E-state index contributed by atoms with van der Waals surface area (Å²) in [5.41, 5.74) is -0.888. The van der Waals surface area contributed by atoms with Gasteiger partial charge in [-0.1, -0.05) is 65.7 Å². The second-order valence-electron chi connectivity index (χ2n) is 8.66. The molecule has 0 bridgehead atoms. The highest BCUT2D eigenvalue weighted by Gasteiger charge is 2.25. The molecule has 0 fully saturated rings. The van der Waals surface area contributed by atoms with Gasteiger partial charge in [-0.3, -0.25) is 9.47 Å². The summed E-state index contributed by atoms with van der Waals surface area (Å²) in [6.07, 6.45) is 2.54. The fourth-order valence-electron chi connectivity index (χ4n) is 2.88. The number of carbonyl (C=O) groups excluding carboxylic acids is 1. The maximum Gasteiger partial charge on any atom is 0.379 e. The highest BCUT2D eigenvalue weighted by molar-refractivity contribution is 7.79. The van der Waals surface area contributed by atoms with E-state index in [-0.39, 0.29) is 17.9 Å². The molecule has 4 unspecified atom stereocenters. The van der Waals surface area contributed by atoms with Crippen molar-refractivity contribution in [2.45, 2.75) is 78.4 Å². The first kappa shape index (κ1) is 30.4. The van der Waals surface area contributed by atoms with Crippen molar-refractivity contribution in [2.75, 3.05) is 6.61 Å². The van der Waals surface area contributed by atoms with Crippen LogP contribution in [0.4, 0.5) is 0 Å². The molecular weight excluding hydrogens is 440 g/mol. The predicted octanol–water partition coefficient (Wildman–Crippen LogP) is 4.76. The average molecular weight is 478 g/mol. The molecule has 2 N–H and O–H groups in total. The van der Waals surface area contributed by atoms with Crippen molar-refractivity contribution in [3.05, 3.63) is 30.3 Å². The maximum atomic E-state index is 11.8. The predicted molar refractivity (Wildman–Crippen MR) is 119 cm³/mol. The van der Waals surface area contributed by atoms with Crippen LogP contribution in [-0.4, -0.2) is 43.6 Å². The number of carbonyl (C=O) groups is 1. The van der Waals surface area contributed by atoms with Gasteiger partial charge in [-0.15, -0.1) is 0 Å². The number of unbranched alkanes of at least 4 members (excludes halogenated alkanes) is 2. The standard InChI is InChI=1S/C16H24O5.C6H14O4S/c1-12(10-16(2,3)4)11-19-14(17)15(21-18)20-13-8-6-5-7-9-13;1-2-3-4-5-6(10-7)11(8)9/h5-9,12,15,18H,10-11H2,1-4H3;6-7H,2-5H2,1H3,(H,8,9)/p-1. The third-order valence-corrected chi connectivity index (χ3v) is 4.87. The highest BCUT2D eigenvalue weighted by Crippen LogP contribution is 2.24. The molecule has 32 heavy (non-hydrogen) atoms. The summed E-state index contributed by atoms with van der Waals surface area (Å²) in [5.74, 6) is -0.122. The third kappa shape index (κ3) is 15.3. The summed E-state index contributed by atoms with van der Waals surface area (Å²) in [5, 5.41) is 16.9. The number of esters is 1. The molecule has 0 heterocycles. The minimum absolute atomic E-state index is 0.166. The summed E-state index contributed by atoms with van der Waals surface area (Å²) in [6.45, 7) is 10.7. The van der Waals surface area contributed by atoms with Crippen molar-refractivity contribution in [2.24, 2.45) is 11.3 Å². The van der Waals surface area contributed by atoms with Gasteiger partial charge in [0.1, 0.15) is 5.75 Å². The molecule has 0 radical (unpaired) electrons. The van der Waals surface area contributed by atoms with Gasteiger partial charge in [-0.25, -0.2) is 14.9 Å². The van der Waals surface area contributed by atoms with Crippen molar-refractivity contribution in [1.82, 2.24) is 0 Å². The van der Waals surface area contributed by atoms with E-state index in [2.05, 4.69) is 30.5 Å². The van der Waals surface area contributed by atoms with Crippen LogP contribution in [0, 0.1) is 11.3 Å². The molecule has 1 aromatic rings. The molecule has 186 valence electrons. The van der Waals surface area contributed by atoms with Crippen LogP contribution in [0.2, 0.25) is 0 Å². The van der Waals surface area contributed by atoms with E-state index < -0.39 is 28.8 Å². The van der Waals surface area contributed by atoms with Gasteiger partial charge in [0.05, 0.1) is 6.61 Å². The summed E-state index contributed by atoms with van der Waals surface area (Å²) >= 11 is -2.33. The molecule has 0 aromatic heterocycles. The van der Waals surface area contributed by atoms with Crippen LogP contribution in [0.5, 0.6) is 5.75 Å². The van der Waals surface area contributed by atoms with E-state index in [4.69, 9.17) is 20.0 Å². The summed E-state index contributed by atoms with van der Waals surface area (Å²) in [7, 11) is 0. The van der Waals surface area contributed by atoms with Crippen LogP contribution in [0.15, 0.2) is 30.3 Å². The Hall–Kier alpha value is -1.56. The van der Waals surface area contributed by atoms with E-state index in [1.807, 2.05) is 19.9 Å². The number of ether oxygens (including phenoxy) is 2. The van der Waals surface area contributed by atoms with Crippen molar-refractivity contribution in [3.63, 3.8) is 0 Å². The highest BCUT2D eigenvalue weighted by atomic mass is 32.2. The normalized spacial score (nSPS) is 15.0. The molecule has 9 nitrogen and oxygen atoms in total. The molecule has 0 saturated carbocycles. The lowest BCUT2D eigenvalue weighted by atomic mass is 9.86. The molecule has 0 aliphatic rings. The first-order chi connectivity index (χ1) is 15.0. The zero-order valence-electron chi connectivity index (χ0n) is 19.5. The van der Waals surface area contributed by atoms with Gasteiger partial charge in [0, 0.05) is 0 Å². The summed E-state index contributed by atoms with van der Waals surface area (Å²) < 4.78 is 30.8. The van der Waals surface area contributed by atoms with Crippen molar-refractivity contribution in [3.8, 4) is 5.75 Å². The topological polar surface area (TPSA) is 135 Å². The molecule has 0 amide bonds. The molecular formula is C22H37O9S-. The lowest BCUT2D eigenvalue weighted by molar-refractivity contribution is -0.319. The van der Waals surface area contributed by atoms with Crippen molar-refractivity contribution >= 4 is 17.0 Å². The van der Waals surface area contributed by atoms with Crippen LogP contribution in [-0.2, 0) is 30.4 Å². The smallest absolute Gasteiger partial charge is 0.379 e. The molecule has 0 spiro atoms. The van der Waals surface area contributed by atoms with Crippen LogP contribution in [0.1, 0.15) is 66.7 Å². The van der Waals surface area contributed by atoms with Gasteiger partial charge >= 0.3 is 12.3 Å². The second kappa shape index (κ2) is 17.0. The van der Waals surface area contributed by atoms with E-state index in [1.54, 1.807) is 24.3 Å². The Morgan fingerprint density at radius 2 is 1.75 bits per heavy atom. The number of rotatable bonds is 13. The fourth-order valence-corrected chi connectivity index (χ4v) is 3.31. The molecule has 10 heteroatoms. The molecule has 4 atom stereocenters. The van der Waals surface area contributed by atoms with E-state index in [1.165, 1.54) is 0 Å². The Morgan fingerprint density at radius 1 is 1.12 bits per heavy atom. The van der Waals surface area contributed by atoms with Gasteiger partial charge in [0.15, 0.2) is 5.44 Å². The average Bonchev–Trinajstić information content (AvgIpc) is 2.73. The SMILES string of the molecule is CC(COC(=O)C(OO)Oc1ccccc1)CC(C)(C)C.CCCCCC(OO)S(=O)[O-]. The van der Waals surface area contributed by atoms with Gasteiger partial charge < -0.3 is 14.0 Å². The summed E-state index contributed by atoms with van der Waals surface area (Å²) in [4.78, 5) is 19.6. The van der Waals surface area contributed by atoms with Crippen LogP contribution < -0.4 is 4.74 Å². The van der Waals surface area contributed by atoms with Crippen molar-refractivity contribution < 1.29 is 43.3 Å². The zero-order valence-corrected chi connectivity index (χ0v) is 20.3. The molecule has 1 rings (SSSR count). The Labute approximate surface area is 193 Å². The van der Waals surface area contributed by atoms with Gasteiger partial charge in [-0.05, 0) is 53.8 Å². The van der Waals surface area contributed by atoms with Crippen LogP contribution in [0.25, 0.3) is 0 Å². The van der Waals surface area contributed by atoms with Gasteiger partial charge in [-0.2, -0.15) is 4.89 Å². The Bertz CT molecular complexity index is 634. The first-order valence-corrected chi connectivity index (χ1v) is 11.7. The molecule has 1 aromatic carbocycles. The maximum absolute atomic E-state index is 11.8. The van der Waals surface area contributed by atoms with Gasteiger partial charge in [0.2, 0.25) is 0 Å². The van der Waals surface area contributed by atoms with Crippen LogP contribution >= 0.6 is 0 Å². The van der Waals surface area contributed by atoms with E-state index >= 15 is 0 Å². The zero-order chi connectivity index (χ0) is 24.6. The number of benzene rings is 1. The first-order valence-electron chi connectivity index (χ1n) is 10.6. The number of hydrogen-bond acceptors (Lipinski definition) is 9. The molecule has 0 aliphatic heterocycles. The van der Waals surface area contributed by atoms with Crippen molar-refractivity contribution in [1.29, 1.82) is 0 Å². The van der Waals surface area contributed by atoms with E-state index in [0.29, 0.717) is 12.2 Å².